The smallest absolute Gasteiger partial charge is 0.198 e. The first-order valence-corrected chi connectivity index (χ1v) is 14.3. The number of hydrogen-bond acceptors (Lipinski definition) is 5. The lowest BCUT2D eigenvalue weighted by atomic mass is 9.80. The van der Waals surface area contributed by atoms with Crippen molar-refractivity contribution >= 4 is 11.6 Å². The minimum absolute atomic E-state index is 0.0136. The molecule has 0 amide bonds. The van der Waals surface area contributed by atoms with E-state index in [9.17, 15) is 19.8 Å². The van der Waals surface area contributed by atoms with Gasteiger partial charge in [0, 0.05) is 16.7 Å². The predicted octanol–water partition coefficient (Wildman–Crippen LogP) is 7.92. The second kappa shape index (κ2) is 11.3. The molecule has 1 saturated carbocycles. The summed E-state index contributed by atoms with van der Waals surface area (Å²) in [6, 6.07) is 11.6. The van der Waals surface area contributed by atoms with Gasteiger partial charge in [0.25, 0.3) is 0 Å². The van der Waals surface area contributed by atoms with E-state index < -0.39 is 11.6 Å². The molecule has 0 unspecified atom stereocenters. The third-order valence-corrected chi connectivity index (χ3v) is 8.58. The summed E-state index contributed by atoms with van der Waals surface area (Å²) in [6.07, 6.45) is 10.4. The van der Waals surface area contributed by atoms with Gasteiger partial charge < -0.3 is 14.9 Å². The van der Waals surface area contributed by atoms with Gasteiger partial charge in [0.05, 0.1) is 17.7 Å². The van der Waals surface area contributed by atoms with Crippen LogP contribution in [-0.4, -0.2) is 28.4 Å². The van der Waals surface area contributed by atoms with Crippen molar-refractivity contribution in [2.75, 3.05) is 6.61 Å². The first kappa shape index (κ1) is 27.0. The van der Waals surface area contributed by atoms with Gasteiger partial charge in [0.1, 0.15) is 17.2 Å². The van der Waals surface area contributed by atoms with Crippen LogP contribution in [0.4, 0.5) is 0 Å². The van der Waals surface area contributed by atoms with E-state index in [2.05, 4.69) is 6.92 Å². The Labute approximate surface area is 230 Å². The number of carbonyl (C=O) groups is 2. The van der Waals surface area contributed by atoms with Crippen LogP contribution in [0.2, 0.25) is 0 Å². The summed E-state index contributed by atoms with van der Waals surface area (Å²) in [5.74, 6) is 0.943. The maximum Gasteiger partial charge on any atom is 0.198 e. The van der Waals surface area contributed by atoms with Crippen molar-refractivity contribution in [1.29, 1.82) is 0 Å². The van der Waals surface area contributed by atoms with Gasteiger partial charge in [-0.1, -0.05) is 57.6 Å². The van der Waals surface area contributed by atoms with Crippen LogP contribution in [0.25, 0.3) is 11.1 Å². The van der Waals surface area contributed by atoms with E-state index in [1.807, 2.05) is 26.0 Å². The zero-order chi connectivity index (χ0) is 27.7. The highest BCUT2D eigenvalue weighted by atomic mass is 16.5. The Morgan fingerprint density at radius 3 is 2.10 bits per heavy atom. The molecule has 0 aromatic heterocycles. The van der Waals surface area contributed by atoms with Crippen molar-refractivity contribution in [2.45, 2.75) is 72.1 Å². The van der Waals surface area contributed by atoms with Crippen LogP contribution >= 0.6 is 0 Å². The summed E-state index contributed by atoms with van der Waals surface area (Å²) in [7, 11) is 0. The zero-order valence-electron chi connectivity index (χ0n) is 23.2. The molecule has 0 aliphatic heterocycles. The lowest BCUT2D eigenvalue weighted by Gasteiger charge is -2.29. The quantitative estimate of drug-likeness (QED) is 0.228. The molecule has 3 aromatic carbocycles. The van der Waals surface area contributed by atoms with Gasteiger partial charge in [-0.15, -0.1) is 0 Å². The second-order valence-electron chi connectivity index (χ2n) is 11.4. The van der Waals surface area contributed by atoms with Gasteiger partial charge in [-0.2, -0.15) is 0 Å². The molecule has 2 N–H and O–H groups in total. The maximum absolute atomic E-state index is 13.3. The number of phenolic OH excluding ortho intramolecular Hbond substituents is 2. The molecule has 0 bridgehead atoms. The van der Waals surface area contributed by atoms with Gasteiger partial charge in [-0.25, -0.2) is 0 Å². The number of phenols is 2. The van der Waals surface area contributed by atoms with Crippen molar-refractivity contribution in [3.8, 4) is 28.4 Å². The van der Waals surface area contributed by atoms with Crippen LogP contribution in [0.1, 0.15) is 101 Å². The Balaban J connectivity index is 1.33. The van der Waals surface area contributed by atoms with Crippen molar-refractivity contribution in [3.63, 3.8) is 0 Å². The van der Waals surface area contributed by atoms with Gasteiger partial charge in [0.15, 0.2) is 11.6 Å². The van der Waals surface area contributed by atoms with E-state index in [1.165, 1.54) is 69.6 Å². The number of carbonyl (C=O) groups excluding carboxylic acids is 2. The van der Waals surface area contributed by atoms with Crippen molar-refractivity contribution in [3.05, 3.63) is 75.8 Å². The summed E-state index contributed by atoms with van der Waals surface area (Å²) in [5, 5.41) is 21.4. The molecule has 2 aliphatic rings. The third kappa shape index (κ3) is 5.19. The molecule has 1 fully saturated rings. The summed E-state index contributed by atoms with van der Waals surface area (Å²) in [4.78, 5) is 26.3. The number of hydrogen-bond donors (Lipinski definition) is 2. The number of ether oxygens (including phenoxy) is 1. The molecule has 0 heterocycles. The molecule has 0 radical (unpaired) electrons. The lowest BCUT2D eigenvalue weighted by Crippen LogP contribution is -2.21. The SMILES string of the molecule is CCCCCC1CCC(COc2c(C)cc(-c3ccc4c(c3O)C(=O)c3cccc(O)c3C4=O)cc2C)CC1. The first-order chi connectivity index (χ1) is 18.8. The summed E-state index contributed by atoms with van der Waals surface area (Å²) < 4.78 is 6.35. The summed E-state index contributed by atoms with van der Waals surface area (Å²) >= 11 is 0. The van der Waals surface area contributed by atoms with Gasteiger partial charge in [0.2, 0.25) is 0 Å². The Morgan fingerprint density at radius 1 is 0.795 bits per heavy atom. The molecule has 204 valence electrons. The molecule has 0 saturated heterocycles. The minimum Gasteiger partial charge on any atom is -0.507 e. The minimum atomic E-state index is -0.469. The average Bonchev–Trinajstić information content (AvgIpc) is 2.92. The Kier molecular flexibility index (Phi) is 7.79. The molecule has 5 rings (SSSR count). The van der Waals surface area contributed by atoms with Gasteiger partial charge in [-0.05, 0) is 85.5 Å². The number of aryl methyl sites for hydroxylation is 2. The molecule has 5 nitrogen and oxygen atoms in total. The fourth-order valence-electron chi connectivity index (χ4n) is 6.38. The van der Waals surface area contributed by atoms with E-state index in [4.69, 9.17) is 4.74 Å². The van der Waals surface area contributed by atoms with E-state index in [0.29, 0.717) is 11.5 Å². The molecule has 0 atom stereocenters. The molecule has 0 spiro atoms. The van der Waals surface area contributed by atoms with Crippen LogP contribution in [0, 0.1) is 25.7 Å². The first-order valence-electron chi connectivity index (χ1n) is 14.3. The van der Waals surface area contributed by atoms with Crippen LogP contribution in [0.3, 0.4) is 0 Å². The number of unbranched alkanes of at least 4 members (excludes halogenated alkanes) is 2. The van der Waals surface area contributed by atoms with Gasteiger partial charge >= 0.3 is 0 Å². The fourth-order valence-corrected chi connectivity index (χ4v) is 6.38. The average molecular weight is 527 g/mol. The fraction of sp³-hybridized carbons (Fsp3) is 0.412. The molecular weight excluding hydrogens is 488 g/mol. The van der Waals surface area contributed by atoms with Crippen molar-refractivity contribution < 1.29 is 24.5 Å². The molecule has 3 aromatic rings. The number of aromatic hydroxyl groups is 2. The van der Waals surface area contributed by atoms with Crippen LogP contribution in [0.15, 0.2) is 42.5 Å². The number of ketones is 2. The third-order valence-electron chi connectivity index (χ3n) is 8.58. The topological polar surface area (TPSA) is 83.8 Å². The monoisotopic (exact) mass is 526 g/mol. The molecule has 39 heavy (non-hydrogen) atoms. The van der Waals surface area contributed by atoms with E-state index in [-0.39, 0.29) is 33.8 Å². The maximum atomic E-state index is 13.3. The van der Waals surface area contributed by atoms with E-state index >= 15 is 0 Å². The molecular formula is C34H38O5. The predicted molar refractivity (Wildman–Crippen MR) is 153 cm³/mol. The van der Waals surface area contributed by atoms with E-state index in [0.717, 1.165) is 35.0 Å². The largest absolute Gasteiger partial charge is 0.507 e. The summed E-state index contributed by atoms with van der Waals surface area (Å²) in [5.41, 5.74) is 3.34. The standard InChI is InChI=1S/C34H38O5/c1-4-5-6-8-22-11-13-23(14-12-22)19-39-34-20(2)17-24(18-21(34)3)25-15-16-27-30(31(25)36)33(38)26-9-7-10-28(35)29(26)32(27)37/h7,9-10,15-18,22-23,35-36H,4-6,8,11-14,19H2,1-3H3. The highest BCUT2D eigenvalue weighted by molar-refractivity contribution is 6.30. The second-order valence-corrected chi connectivity index (χ2v) is 11.4. The molecule has 2 aliphatic carbocycles. The van der Waals surface area contributed by atoms with Crippen LogP contribution < -0.4 is 4.74 Å². The van der Waals surface area contributed by atoms with Crippen LogP contribution in [0.5, 0.6) is 17.2 Å². The highest BCUT2D eigenvalue weighted by Gasteiger charge is 2.35. The van der Waals surface area contributed by atoms with Crippen LogP contribution in [-0.2, 0) is 0 Å². The zero-order valence-corrected chi connectivity index (χ0v) is 23.2. The highest BCUT2D eigenvalue weighted by Crippen LogP contribution is 2.42. The van der Waals surface area contributed by atoms with Crippen molar-refractivity contribution in [2.24, 2.45) is 11.8 Å². The Morgan fingerprint density at radius 2 is 1.41 bits per heavy atom. The normalized spacial score (nSPS) is 18.5. The van der Waals surface area contributed by atoms with E-state index in [1.54, 1.807) is 12.1 Å². The van der Waals surface area contributed by atoms with Gasteiger partial charge in [-0.3, -0.25) is 9.59 Å². The van der Waals surface area contributed by atoms with Crippen molar-refractivity contribution in [1.82, 2.24) is 0 Å². The molecule has 5 heteroatoms. The number of fused-ring (bicyclic) bond motifs is 2. The lowest BCUT2D eigenvalue weighted by molar-refractivity contribution is 0.0974. The Bertz CT molecular complexity index is 1390. The number of rotatable bonds is 8. The Hall–Kier alpha value is -3.60. The summed E-state index contributed by atoms with van der Waals surface area (Å²) in [6.45, 7) is 6.98. The number of benzene rings is 3.